The molecule has 1 fully saturated rings. The van der Waals surface area contributed by atoms with Crippen LogP contribution in [0.15, 0.2) is 17.2 Å². The van der Waals surface area contributed by atoms with Gasteiger partial charge in [0.05, 0.1) is 11.5 Å². The molecule has 0 radical (unpaired) electrons. The third kappa shape index (κ3) is 4.58. The summed E-state index contributed by atoms with van der Waals surface area (Å²) in [7, 11) is 0. The van der Waals surface area contributed by atoms with E-state index in [2.05, 4.69) is 31.2 Å². The van der Waals surface area contributed by atoms with Gasteiger partial charge in [0.2, 0.25) is 0 Å². The van der Waals surface area contributed by atoms with Crippen LogP contribution in [0.4, 0.5) is 0 Å². The Bertz CT molecular complexity index is 858. The fraction of sp³-hybridized carbons (Fsp3) is 0.650. The first-order valence-electron chi connectivity index (χ1n) is 9.80. The molecule has 0 aliphatic heterocycles. The Morgan fingerprint density at radius 2 is 2.22 bits per heavy atom. The third-order valence-corrected chi connectivity index (χ3v) is 6.67. The molecule has 0 unspecified atom stereocenters. The lowest BCUT2D eigenvalue weighted by atomic mass is 9.75. The quantitative estimate of drug-likeness (QED) is 0.817. The van der Waals surface area contributed by atoms with E-state index in [4.69, 9.17) is 4.74 Å². The van der Waals surface area contributed by atoms with E-state index < -0.39 is 0 Å². The van der Waals surface area contributed by atoms with Crippen molar-refractivity contribution in [2.75, 3.05) is 12.0 Å². The van der Waals surface area contributed by atoms with Gasteiger partial charge in [-0.05, 0) is 43.1 Å². The van der Waals surface area contributed by atoms with Crippen LogP contribution in [-0.2, 0) is 16.0 Å². The van der Waals surface area contributed by atoms with Gasteiger partial charge in [-0.2, -0.15) is 0 Å². The first-order chi connectivity index (χ1) is 12.9. The summed E-state index contributed by atoms with van der Waals surface area (Å²) in [6, 6.07) is 1.85. The van der Waals surface area contributed by atoms with Crippen molar-refractivity contribution in [2.45, 2.75) is 59.5 Å². The monoisotopic (exact) mass is 391 g/mol. The Morgan fingerprint density at radius 3 is 2.93 bits per heavy atom. The molecular formula is C20H29N3O3S. The van der Waals surface area contributed by atoms with Crippen molar-refractivity contribution >= 4 is 27.5 Å². The van der Waals surface area contributed by atoms with E-state index in [1.165, 1.54) is 24.1 Å². The molecule has 1 aliphatic rings. The van der Waals surface area contributed by atoms with Crippen LogP contribution in [0, 0.1) is 17.8 Å². The number of hydrogen-bond acceptors (Lipinski definition) is 5. The largest absolute Gasteiger partial charge is 0.368 e. The number of aryl methyl sites for hydroxylation is 1. The predicted molar refractivity (Wildman–Crippen MR) is 109 cm³/mol. The van der Waals surface area contributed by atoms with Crippen LogP contribution >= 0.6 is 11.3 Å². The van der Waals surface area contributed by atoms with Gasteiger partial charge in [-0.1, -0.05) is 34.1 Å². The summed E-state index contributed by atoms with van der Waals surface area (Å²) in [5.41, 5.74) is 2.35. The van der Waals surface area contributed by atoms with Crippen molar-refractivity contribution < 1.29 is 9.53 Å². The third-order valence-electron chi connectivity index (χ3n) is 5.49. The zero-order valence-electron chi connectivity index (χ0n) is 16.5. The molecule has 2 aromatic heterocycles. The lowest BCUT2D eigenvalue weighted by Gasteiger charge is -2.37. The summed E-state index contributed by atoms with van der Waals surface area (Å²) in [4.78, 5) is 31.0. The number of carbonyl (C=O) groups excluding carboxylic acids is 1. The molecule has 1 aliphatic carbocycles. The maximum atomic E-state index is 12.6. The average Bonchev–Trinajstić information content (AvgIpc) is 3.06. The molecule has 3 atom stereocenters. The first-order valence-corrected chi connectivity index (χ1v) is 10.6. The minimum absolute atomic E-state index is 0.0467. The van der Waals surface area contributed by atoms with Gasteiger partial charge in [-0.3, -0.25) is 15.0 Å². The minimum Gasteiger partial charge on any atom is -0.368 e. The van der Waals surface area contributed by atoms with Gasteiger partial charge in [0.1, 0.15) is 17.8 Å². The molecule has 1 saturated carbocycles. The molecule has 148 valence electrons. The Hall–Kier alpha value is -1.73. The number of nitrogens with zero attached hydrogens (tertiary/aromatic N) is 2. The molecule has 2 heterocycles. The maximum absolute atomic E-state index is 12.6. The summed E-state index contributed by atoms with van der Waals surface area (Å²) in [5, 5.41) is 0.543. The van der Waals surface area contributed by atoms with E-state index >= 15 is 0 Å². The second-order valence-electron chi connectivity index (χ2n) is 7.92. The smallest absolute Gasteiger partial charge is 0.280 e. The number of hydrogen-bond donors (Lipinski definition) is 1. The van der Waals surface area contributed by atoms with Crippen molar-refractivity contribution in [1.29, 1.82) is 0 Å². The summed E-state index contributed by atoms with van der Waals surface area (Å²) in [6.45, 7) is 8.65. The number of amides is 1. The fourth-order valence-electron chi connectivity index (χ4n) is 3.88. The molecule has 7 heteroatoms. The molecule has 0 bridgehead atoms. The van der Waals surface area contributed by atoms with Gasteiger partial charge < -0.3 is 4.74 Å². The number of fused-ring (bicyclic) bond motifs is 1. The van der Waals surface area contributed by atoms with Crippen molar-refractivity contribution in [1.82, 2.24) is 9.66 Å². The zero-order valence-corrected chi connectivity index (χ0v) is 17.3. The molecule has 0 aromatic carbocycles. The zero-order chi connectivity index (χ0) is 19.6. The topological polar surface area (TPSA) is 73.2 Å². The molecule has 1 amide bonds. The number of aromatic nitrogens is 2. The lowest BCUT2D eigenvalue weighted by molar-refractivity contribution is -0.127. The highest BCUT2D eigenvalue weighted by atomic mass is 32.1. The number of thiophene rings is 1. The Balaban J connectivity index is 1.64. The van der Waals surface area contributed by atoms with Gasteiger partial charge in [0, 0.05) is 4.88 Å². The summed E-state index contributed by atoms with van der Waals surface area (Å²) < 4.78 is 7.12. The highest BCUT2D eigenvalue weighted by molar-refractivity contribution is 7.18. The number of ether oxygens (including phenoxy) is 1. The average molecular weight is 392 g/mol. The normalized spacial score (nSPS) is 23.1. The molecular weight excluding hydrogens is 362 g/mol. The standard InChI is InChI=1S/C20H29N3O3S/c1-5-14-9-16-19(27-14)21-11-23(20(16)25)22-18(24)10-26-17-8-13(4)6-7-15(17)12(2)3/h9,11-13,15,17H,5-8,10H2,1-4H3,(H,22,24)/t13-,15-,17-/m1/s1. The van der Waals surface area contributed by atoms with Gasteiger partial charge in [-0.15, -0.1) is 11.3 Å². The van der Waals surface area contributed by atoms with E-state index in [1.807, 2.05) is 13.0 Å². The van der Waals surface area contributed by atoms with Crippen LogP contribution in [0.2, 0.25) is 0 Å². The van der Waals surface area contributed by atoms with Crippen LogP contribution in [0.1, 0.15) is 51.8 Å². The molecule has 2 aromatic rings. The molecule has 6 nitrogen and oxygen atoms in total. The van der Waals surface area contributed by atoms with E-state index in [0.29, 0.717) is 28.0 Å². The number of carbonyl (C=O) groups is 1. The maximum Gasteiger partial charge on any atom is 0.280 e. The molecule has 3 rings (SSSR count). The van der Waals surface area contributed by atoms with Crippen LogP contribution in [0.25, 0.3) is 10.2 Å². The number of rotatable bonds is 6. The Morgan fingerprint density at radius 1 is 1.44 bits per heavy atom. The van der Waals surface area contributed by atoms with E-state index in [0.717, 1.165) is 28.8 Å². The van der Waals surface area contributed by atoms with Gasteiger partial charge in [0.15, 0.2) is 0 Å². The van der Waals surface area contributed by atoms with Crippen molar-refractivity contribution in [2.24, 2.45) is 17.8 Å². The van der Waals surface area contributed by atoms with Crippen LogP contribution in [0.3, 0.4) is 0 Å². The van der Waals surface area contributed by atoms with Gasteiger partial charge in [0.25, 0.3) is 11.5 Å². The van der Waals surface area contributed by atoms with Crippen molar-refractivity contribution in [3.05, 3.63) is 27.6 Å². The Kier molecular flexibility index (Phi) is 6.32. The molecule has 0 spiro atoms. The SMILES string of the molecule is CCc1cc2c(=O)n(NC(=O)CO[C@@H]3C[C@H](C)CC[C@@H]3C(C)C)cnc2s1. The number of nitrogens with one attached hydrogen (secondary N) is 1. The second kappa shape index (κ2) is 8.52. The van der Waals surface area contributed by atoms with Crippen LogP contribution < -0.4 is 11.0 Å². The van der Waals surface area contributed by atoms with Crippen molar-refractivity contribution in [3.63, 3.8) is 0 Å². The van der Waals surface area contributed by atoms with Gasteiger partial charge in [-0.25, -0.2) is 9.66 Å². The molecule has 27 heavy (non-hydrogen) atoms. The minimum atomic E-state index is -0.329. The summed E-state index contributed by atoms with van der Waals surface area (Å²) >= 11 is 1.51. The van der Waals surface area contributed by atoms with Crippen molar-refractivity contribution in [3.8, 4) is 0 Å². The second-order valence-corrected chi connectivity index (χ2v) is 9.03. The summed E-state index contributed by atoms with van der Waals surface area (Å²) in [5.74, 6) is 1.30. The highest BCUT2D eigenvalue weighted by Crippen LogP contribution is 2.35. The van der Waals surface area contributed by atoms with E-state index in [-0.39, 0.29) is 24.2 Å². The predicted octanol–water partition coefficient (Wildman–Crippen LogP) is 3.57. The highest BCUT2D eigenvalue weighted by Gasteiger charge is 2.31. The molecule has 0 saturated heterocycles. The first kappa shape index (κ1) is 20.0. The van der Waals surface area contributed by atoms with E-state index in [9.17, 15) is 9.59 Å². The fourth-order valence-corrected chi connectivity index (χ4v) is 4.81. The van der Waals surface area contributed by atoms with Crippen LogP contribution in [-0.4, -0.2) is 28.3 Å². The lowest BCUT2D eigenvalue weighted by Crippen LogP contribution is -2.39. The Labute approximate surface area is 163 Å². The van der Waals surface area contributed by atoms with Gasteiger partial charge >= 0.3 is 0 Å². The summed E-state index contributed by atoms with van der Waals surface area (Å²) in [6.07, 6.45) is 5.67. The van der Waals surface area contributed by atoms with E-state index in [1.54, 1.807) is 0 Å². The van der Waals surface area contributed by atoms with Crippen LogP contribution in [0.5, 0.6) is 0 Å². The molecule has 1 N–H and O–H groups in total.